The lowest BCUT2D eigenvalue weighted by Gasteiger charge is -2.05. The van der Waals surface area contributed by atoms with Crippen molar-refractivity contribution in [2.75, 3.05) is 7.11 Å². The van der Waals surface area contributed by atoms with E-state index in [1.807, 2.05) is 0 Å². The monoisotopic (exact) mass is 521 g/mol. The topological polar surface area (TPSA) is 101 Å². The summed E-state index contributed by atoms with van der Waals surface area (Å²) in [5.74, 6) is 0.543. The highest BCUT2D eigenvalue weighted by Gasteiger charge is 2.18. The molecule has 11 heteroatoms. The summed E-state index contributed by atoms with van der Waals surface area (Å²) in [5.41, 5.74) is 1.20. The van der Waals surface area contributed by atoms with E-state index in [1.54, 1.807) is 48.5 Å². The number of H-pyrrole nitrogens is 1. The maximum Gasteiger partial charge on any atom is 0.342 e. The number of aliphatic carboxylic acids is 1. The van der Waals surface area contributed by atoms with Gasteiger partial charge in [-0.3, -0.25) is 5.10 Å². The molecule has 33 heavy (non-hydrogen) atoms. The third-order valence-electron chi connectivity index (χ3n) is 4.41. The molecule has 0 aliphatic carbocycles. The van der Waals surface area contributed by atoms with Crippen molar-refractivity contribution in [3.8, 4) is 28.5 Å². The van der Waals surface area contributed by atoms with Gasteiger partial charge in [-0.2, -0.15) is 0 Å². The smallest absolute Gasteiger partial charge is 0.342 e. The third kappa shape index (κ3) is 5.20. The van der Waals surface area contributed by atoms with Gasteiger partial charge >= 0.3 is 5.97 Å². The van der Waals surface area contributed by atoms with Gasteiger partial charge in [0.2, 0.25) is 5.16 Å². The molecule has 0 fully saturated rings. The Kier molecular flexibility index (Phi) is 6.99. The number of carboxylic acids is 1. The average Bonchev–Trinajstić information content (AvgIpc) is 3.45. The molecule has 4 rings (SSSR count). The lowest BCUT2D eigenvalue weighted by molar-refractivity contribution is -0.131. The van der Waals surface area contributed by atoms with Gasteiger partial charge < -0.3 is 14.3 Å². The normalized spacial score (nSPS) is 11.6. The minimum absolute atomic E-state index is 0.0447. The molecule has 4 aromatic rings. The molecule has 2 aromatic heterocycles. The Bertz CT molecular complexity index is 1370. The van der Waals surface area contributed by atoms with E-state index in [-0.39, 0.29) is 10.1 Å². The zero-order chi connectivity index (χ0) is 23.5. The van der Waals surface area contributed by atoms with Crippen LogP contribution in [0.5, 0.6) is 5.75 Å². The minimum atomic E-state index is -1.16. The zero-order valence-electron chi connectivity index (χ0n) is 16.8. The highest BCUT2D eigenvalue weighted by molar-refractivity contribution is 8.04. The minimum Gasteiger partial charge on any atom is -0.496 e. The Labute approximate surface area is 207 Å². The summed E-state index contributed by atoms with van der Waals surface area (Å²) in [4.78, 5) is 16.1. The van der Waals surface area contributed by atoms with Crippen molar-refractivity contribution < 1.29 is 19.1 Å². The Hall–Kier alpha value is -2.91. The number of furan rings is 1. The van der Waals surface area contributed by atoms with Crippen LogP contribution in [-0.4, -0.2) is 33.4 Å². The molecule has 0 amide bonds. The Morgan fingerprint density at radius 3 is 2.73 bits per heavy atom. The molecule has 0 saturated carbocycles. The van der Waals surface area contributed by atoms with E-state index in [4.69, 9.17) is 44.0 Å². The first-order valence-corrected chi connectivity index (χ1v) is 11.2. The fraction of sp³-hybridized carbons (Fsp3) is 0.0455. The number of rotatable bonds is 7. The van der Waals surface area contributed by atoms with E-state index in [2.05, 4.69) is 15.2 Å². The van der Waals surface area contributed by atoms with Gasteiger partial charge in [0.15, 0.2) is 5.82 Å². The van der Waals surface area contributed by atoms with Crippen molar-refractivity contribution in [1.29, 1.82) is 0 Å². The molecule has 0 aliphatic rings. The van der Waals surface area contributed by atoms with Crippen LogP contribution in [0, 0.1) is 0 Å². The van der Waals surface area contributed by atoms with Crippen LogP contribution in [0.4, 0.5) is 0 Å². The lowest BCUT2D eigenvalue weighted by atomic mass is 10.2. The molecule has 0 spiro atoms. The van der Waals surface area contributed by atoms with E-state index in [0.29, 0.717) is 49.3 Å². The molecule has 0 bridgehead atoms. The summed E-state index contributed by atoms with van der Waals surface area (Å²) < 4.78 is 11.1. The standard InChI is InChI=1S/C22H14Cl3N3O4S/c1-31-16-7-5-11(23)9-14(16)20-26-22(28-27-20)33-18(21(29)30)10-12-6-8-17(32-12)13-3-2-4-15(24)19(13)25/h2-10H,1H3,(H,29,30)(H,26,27,28)/b18-10-. The number of nitrogens with zero attached hydrogens (tertiary/aromatic N) is 2. The predicted molar refractivity (Wildman–Crippen MR) is 129 cm³/mol. The van der Waals surface area contributed by atoms with E-state index < -0.39 is 5.97 Å². The Balaban J connectivity index is 1.60. The maximum atomic E-state index is 11.8. The SMILES string of the molecule is COc1ccc(Cl)cc1-c1nc(S/C(=C\c2ccc(-c3cccc(Cl)c3Cl)o2)C(=O)O)n[nH]1. The number of carboxylic acid groups (broad SMARTS) is 1. The van der Waals surface area contributed by atoms with Crippen LogP contribution < -0.4 is 4.74 Å². The summed E-state index contributed by atoms with van der Waals surface area (Å²) in [6.45, 7) is 0. The molecule has 2 N–H and O–H groups in total. The second-order valence-corrected chi connectivity index (χ2v) is 8.76. The first-order valence-electron chi connectivity index (χ1n) is 9.29. The Morgan fingerprint density at radius 1 is 1.15 bits per heavy atom. The first kappa shape index (κ1) is 23.3. The van der Waals surface area contributed by atoms with Crippen molar-refractivity contribution in [3.05, 3.63) is 74.3 Å². The number of carbonyl (C=O) groups is 1. The number of nitrogens with one attached hydrogen (secondary N) is 1. The van der Waals surface area contributed by atoms with Gasteiger partial charge in [0.25, 0.3) is 0 Å². The molecule has 7 nitrogen and oxygen atoms in total. The van der Waals surface area contributed by atoms with Gasteiger partial charge in [0, 0.05) is 16.7 Å². The molecule has 0 saturated heterocycles. The number of methoxy groups -OCH3 is 1. The summed E-state index contributed by atoms with van der Waals surface area (Å²) in [6, 6.07) is 13.6. The van der Waals surface area contributed by atoms with Crippen LogP contribution in [0.3, 0.4) is 0 Å². The fourth-order valence-corrected chi connectivity index (χ4v) is 4.16. The highest BCUT2D eigenvalue weighted by atomic mass is 35.5. The van der Waals surface area contributed by atoms with Crippen molar-refractivity contribution in [2.45, 2.75) is 5.16 Å². The van der Waals surface area contributed by atoms with Crippen molar-refractivity contribution in [1.82, 2.24) is 15.2 Å². The summed E-state index contributed by atoms with van der Waals surface area (Å²) >= 11 is 19.2. The van der Waals surface area contributed by atoms with Crippen molar-refractivity contribution >= 4 is 58.6 Å². The quantitative estimate of drug-likeness (QED) is 0.201. The molecular formula is C22H14Cl3N3O4S. The van der Waals surface area contributed by atoms with E-state index in [1.165, 1.54) is 13.2 Å². The lowest BCUT2D eigenvalue weighted by Crippen LogP contribution is -1.97. The second-order valence-electron chi connectivity index (χ2n) is 6.53. The molecular weight excluding hydrogens is 509 g/mol. The number of thioether (sulfide) groups is 1. The molecule has 0 atom stereocenters. The largest absolute Gasteiger partial charge is 0.496 e. The second kappa shape index (κ2) is 9.93. The van der Waals surface area contributed by atoms with Crippen LogP contribution in [-0.2, 0) is 4.79 Å². The van der Waals surface area contributed by atoms with Crippen LogP contribution >= 0.6 is 46.6 Å². The van der Waals surface area contributed by atoms with Gasteiger partial charge in [0.05, 0.1) is 22.7 Å². The zero-order valence-corrected chi connectivity index (χ0v) is 19.9. The van der Waals surface area contributed by atoms with Crippen LogP contribution in [0.2, 0.25) is 15.1 Å². The van der Waals surface area contributed by atoms with Crippen LogP contribution in [0.15, 0.2) is 63.0 Å². The van der Waals surface area contributed by atoms with Gasteiger partial charge in [0.1, 0.15) is 22.2 Å². The first-order chi connectivity index (χ1) is 15.9. The Morgan fingerprint density at radius 2 is 1.97 bits per heavy atom. The highest BCUT2D eigenvalue weighted by Crippen LogP contribution is 2.36. The summed E-state index contributed by atoms with van der Waals surface area (Å²) in [5, 5.41) is 18.0. The van der Waals surface area contributed by atoms with Gasteiger partial charge in [-0.15, -0.1) is 5.10 Å². The number of ether oxygens (including phenoxy) is 1. The summed E-state index contributed by atoms with van der Waals surface area (Å²) in [7, 11) is 1.53. The van der Waals surface area contributed by atoms with E-state index >= 15 is 0 Å². The average molecular weight is 523 g/mol. The van der Waals surface area contributed by atoms with Gasteiger partial charge in [-0.05, 0) is 54.2 Å². The molecule has 0 radical (unpaired) electrons. The number of halogens is 3. The van der Waals surface area contributed by atoms with Crippen LogP contribution in [0.1, 0.15) is 5.76 Å². The third-order valence-corrected chi connectivity index (χ3v) is 6.34. The number of benzene rings is 2. The molecule has 2 aromatic carbocycles. The van der Waals surface area contributed by atoms with Crippen molar-refractivity contribution in [3.63, 3.8) is 0 Å². The number of hydrogen-bond acceptors (Lipinski definition) is 6. The van der Waals surface area contributed by atoms with Crippen molar-refractivity contribution in [2.24, 2.45) is 0 Å². The predicted octanol–water partition coefficient (Wildman–Crippen LogP) is 6.92. The van der Waals surface area contributed by atoms with Gasteiger partial charge in [-0.25, -0.2) is 9.78 Å². The number of hydrogen-bond donors (Lipinski definition) is 2. The molecule has 0 aliphatic heterocycles. The molecule has 168 valence electrons. The van der Waals surface area contributed by atoms with Gasteiger partial charge in [-0.1, -0.05) is 40.9 Å². The summed E-state index contributed by atoms with van der Waals surface area (Å²) in [6.07, 6.45) is 1.38. The fourth-order valence-electron chi connectivity index (χ4n) is 2.91. The number of aromatic nitrogens is 3. The molecule has 0 unspecified atom stereocenters. The maximum absolute atomic E-state index is 11.8. The van der Waals surface area contributed by atoms with Crippen LogP contribution in [0.25, 0.3) is 28.8 Å². The van der Waals surface area contributed by atoms with E-state index in [0.717, 1.165) is 11.8 Å². The van der Waals surface area contributed by atoms with E-state index in [9.17, 15) is 9.90 Å². The number of aromatic amines is 1. The molecule has 2 heterocycles.